The second-order valence-corrected chi connectivity index (χ2v) is 10.8. The summed E-state index contributed by atoms with van der Waals surface area (Å²) in [5, 5.41) is 5.59. The van der Waals surface area contributed by atoms with Gasteiger partial charge < -0.3 is 10.6 Å². The van der Waals surface area contributed by atoms with Crippen molar-refractivity contribution < 1.29 is 18.0 Å². The Morgan fingerprint density at radius 3 is 2.16 bits per heavy atom. The van der Waals surface area contributed by atoms with Crippen LogP contribution in [0.2, 0.25) is 0 Å². The normalized spacial score (nSPS) is 13.0. The molecule has 0 bridgehead atoms. The van der Waals surface area contributed by atoms with Gasteiger partial charge in [-0.1, -0.05) is 50.2 Å². The average molecular weight is 460 g/mol. The molecule has 2 aromatic rings. The summed E-state index contributed by atoms with van der Waals surface area (Å²) in [6, 6.07) is 12.9. The Labute approximate surface area is 191 Å². The highest BCUT2D eigenvalue weighted by Crippen LogP contribution is 2.18. The molecule has 7 nitrogen and oxygen atoms in total. The lowest BCUT2D eigenvalue weighted by Crippen LogP contribution is -2.49. The molecule has 1 unspecified atom stereocenters. The zero-order valence-electron chi connectivity index (χ0n) is 19.5. The maximum atomic E-state index is 12.9. The summed E-state index contributed by atoms with van der Waals surface area (Å²) < 4.78 is 28.3. The molecule has 1 atom stereocenters. The number of amides is 2. The van der Waals surface area contributed by atoms with Gasteiger partial charge in [-0.15, -0.1) is 0 Å². The fraction of sp³-hybridized carbons (Fsp3) is 0.417. The van der Waals surface area contributed by atoms with Crippen molar-refractivity contribution in [2.24, 2.45) is 5.92 Å². The molecule has 2 rings (SSSR count). The van der Waals surface area contributed by atoms with E-state index < -0.39 is 21.6 Å². The summed E-state index contributed by atoms with van der Waals surface area (Å²) in [6.07, 6.45) is 0. The Bertz CT molecular complexity index is 1070. The summed E-state index contributed by atoms with van der Waals surface area (Å²) in [7, 11) is -3.76. The van der Waals surface area contributed by atoms with Gasteiger partial charge in [0.05, 0.1) is 4.90 Å². The van der Waals surface area contributed by atoms with E-state index in [1.54, 1.807) is 51.1 Å². The molecule has 0 fully saturated rings. The van der Waals surface area contributed by atoms with Gasteiger partial charge in [-0.2, -0.15) is 0 Å². The fourth-order valence-electron chi connectivity index (χ4n) is 3.24. The average Bonchev–Trinajstić information content (AvgIpc) is 2.68. The second kappa shape index (κ2) is 10.3. The van der Waals surface area contributed by atoms with Crippen molar-refractivity contribution >= 4 is 21.8 Å². The SMILES string of the molecule is Cc1ccccc1C(=O)NC(C(=O)NCc1ccccc1S(=O)(=O)NC(C)(C)C)C(C)C. The van der Waals surface area contributed by atoms with Crippen molar-refractivity contribution in [3.05, 3.63) is 65.2 Å². The van der Waals surface area contributed by atoms with Crippen LogP contribution in [0.1, 0.15) is 56.1 Å². The molecule has 0 aromatic heterocycles. The van der Waals surface area contributed by atoms with E-state index in [-0.39, 0.29) is 29.2 Å². The Morgan fingerprint density at radius 1 is 0.969 bits per heavy atom. The highest BCUT2D eigenvalue weighted by Gasteiger charge is 2.27. The molecular formula is C24H33N3O4S. The van der Waals surface area contributed by atoms with Gasteiger partial charge in [0.15, 0.2) is 0 Å². The van der Waals surface area contributed by atoms with Crippen LogP contribution < -0.4 is 15.4 Å². The first-order valence-electron chi connectivity index (χ1n) is 10.6. The summed E-state index contributed by atoms with van der Waals surface area (Å²) in [6.45, 7) is 10.8. The van der Waals surface area contributed by atoms with Gasteiger partial charge in [-0.25, -0.2) is 13.1 Å². The van der Waals surface area contributed by atoms with E-state index in [9.17, 15) is 18.0 Å². The lowest BCUT2D eigenvalue weighted by atomic mass is 10.0. The fourth-order valence-corrected chi connectivity index (χ4v) is 4.90. The number of sulfonamides is 1. The third-order valence-electron chi connectivity index (χ3n) is 4.78. The molecule has 3 N–H and O–H groups in total. The van der Waals surface area contributed by atoms with Crippen molar-refractivity contribution in [2.45, 2.75) is 64.6 Å². The molecule has 2 amide bonds. The monoisotopic (exact) mass is 459 g/mol. The number of hydrogen-bond donors (Lipinski definition) is 3. The maximum Gasteiger partial charge on any atom is 0.252 e. The lowest BCUT2D eigenvalue weighted by molar-refractivity contribution is -0.124. The molecule has 0 heterocycles. The van der Waals surface area contributed by atoms with Crippen molar-refractivity contribution in [3.8, 4) is 0 Å². The highest BCUT2D eigenvalue weighted by molar-refractivity contribution is 7.89. The van der Waals surface area contributed by atoms with E-state index in [1.165, 1.54) is 6.07 Å². The smallest absolute Gasteiger partial charge is 0.252 e. The van der Waals surface area contributed by atoms with Crippen LogP contribution >= 0.6 is 0 Å². The maximum absolute atomic E-state index is 12.9. The first-order chi connectivity index (χ1) is 14.8. The third kappa shape index (κ3) is 6.90. The molecule has 0 aliphatic heterocycles. The van der Waals surface area contributed by atoms with E-state index >= 15 is 0 Å². The van der Waals surface area contributed by atoms with Crippen molar-refractivity contribution in [1.82, 2.24) is 15.4 Å². The summed E-state index contributed by atoms with van der Waals surface area (Å²) in [4.78, 5) is 25.7. The van der Waals surface area contributed by atoms with Crippen molar-refractivity contribution in [2.75, 3.05) is 0 Å². The molecule has 0 saturated heterocycles. The van der Waals surface area contributed by atoms with Crippen LogP contribution in [-0.2, 0) is 21.4 Å². The van der Waals surface area contributed by atoms with Crippen LogP contribution in [0.25, 0.3) is 0 Å². The largest absolute Gasteiger partial charge is 0.350 e. The molecule has 8 heteroatoms. The standard InChI is InChI=1S/C24H33N3O4S/c1-16(2)21(26-22(28)19-13-9-7-11-17(19)3)23(29)25-15-18-12-8-10-14-20(18)32(30,31)27-24(4,5)6/h7-14,16,21,27H,15H2,1-6H3,(H,25,29)(H,26,28). The molecule has 0 radical (unpaired) electrons. The van der Waals surface area contributed by atoms with Crippen LogP contribution in [0.4, 0.5) is 0 Å². The molecule has 0 saturated carbocycles. The molecule has 0 spiro atoms. The van der Waals surface area contributed by atoms with Gasteiger partial charge in [0.1, 0.15) is 6.04 Å². The first-order valence-corrected chi connectivity index (χ1v) is 12.1. The molecule has 32 heavy (non-hydrogen) atoms. The van der Waals surface area contributed by atoms with E-state index in [0.29, 0.717) is 11.1 Å². The zero-order chi connectivity index (χ0) is 24.1. The van der Waals surface area contributed by atoms with E-state index in [1.807, 2.05) is 32.9 Å². The quantitative estimate of drug-likeness (QED) is 0.564. The minimum Gasteiger partial charge on any atom is -0.350 e. The predicted octanol–water partition coefficient (Wildman–Crippen LogP) is 3.14. The number of hydrogen-bond acceptors (Lipinski definition) is 4. The number of benzene rings is 2. The lowest BCUT2D eigenvalue weighted by Gasteiger charge is -2.23. The van der Waals surface area contributed by atoms with Crippen LogP contribution in [0.3, 0.4) is 0 Å². The van der Waals surface area contributed by atoms with Crippen molar-refractivity contribution in [3.63, 3.8) is 0 Å². The summed E-state index contributed by atoms with van der Waals surface area (Å²) in [5.74, 6) is -0.864. The van der Waals surface area contributed by atoms with Crippen molar-refractivity contribution in [1.29, 1.82) is 0 Å². The predicted molar refractivity (Wildman–Crippen MR) is 126 cm³/mol. The van der Waals surface area contributed by atoms with E-state index in [4.69, 9.17) is 0 Å². The molecular weight excluding hydrogens is 426 g/mol. The van der Waals surface area contributed by atoms with Gasteiger partial charge in [0, 0.05) is 17.6 Å². The van der Waals surface area contributed by atoms with Crippen LogP contribution in [0.15, 0.2) is 53.4 Å². The van der Waals surface area contributed by atoms with Gasteiger partial charge in [-0.3, -0.25) is 9.59 Å². The molecule has 2 aromatic carbocycles. The number of carbonyl (C=O) groups excluding carboxylic acids is 2. The zero-order valence-corrected chi connectivity index (χ0v) is 20.3. The molecule has 0 aliphatic rings. The van der Waals surface area contributed by atoms with E-state index in [0.717, 1.165) is 5.56 Å². The Kier molecular flexibility index (Phi) is 8.20. The summed E-state index contributed by atoms with van der Waals surface area (Å²) in [5.41, 5.74) is 1.15. The minimum atomic E-state index is -3.76. The van der Waals surface area contributed by atoms with Gasteiger partial charge in [-0.05, 0) is 56.9 Å². The molecule has 0 aliphatic carbocycles. The second-order valence-electron chi connectivity index (χ2n) is 9.19. The Hall–Kier alpha value is -2.71. The Balaban J connectivity index is 2.17. The summed E-state index contributed by atoms with van der Waals surface area (Å²) >= 11 is 0. The molecule has 174 valence electrons. The number of nitrogens with one attached hydrogen (secondary N) is 3. The van der Waals surface area contributed by atoms with Crippen LogP contribution in [0, 0.1) is 12.8 Å². The van der Waals surface area contributed by atoms with Gasteiger partial charge in [0.2, 0.25) is 15.9 Å². The Morgan fingerprint density at radius 2 is 1.56 bits per heavy atom. The minimum absolute atomic E-state index is 0.0174. The number of rotatable bonds is 8. The van der Waals surface area contributed by atoms with Gasteiger partial charge >= 0.3 is 0 Å². The van der Waals surface area contributed by atoms with E-state index in [2.05, 4.69) is 15.4 Å². The number of aryl methyl sites for hydroxylation is 1. The topological polar surface area (TPSA) is 104 Å². The van der Waals surface area contributed by atoms with Crippen LogP contribution in [0.5, 0.6) is 0 Å². The first kappa shape index (κ1) is 25.5. The third-order valence-corrected chi connectivity index (χ3v) is 6.64. The number of carbonyl (C=O) groups is 2. The highest BCUT2D eigenvalue weighted by atomic mass is 32.2. The van der Waals surface area contributed by atoms with Crippen LogP contribution in [-0.4, -0.2) is 31.8 Å². The van der Waals surface area contributed by atoms with Gasteiger partial charge in [0.25, 0.3) is 5.91 Å².